The highest BCUT2D eigenvalue weighted by Gasteiger charge is 2.14. The van der Waals surface area contributed by atoms with Gasteiger partial charge in [-0.05, 0) is 36.9 Å². The van der Waals surface area contributed by atoms with Crippen molar-refractivity contribution >= 4 is 15.9 Å². The summed E-state index contributed by atoms with van der Waals surface area (Å²) >= 11 is 3.60. The minimum Gasteiger partial charge on any atom is -0.330 e. The van der Waals surface area contributed by atoms with Crippen molar-refractivity contribution < 1.29 is 0 Å². The molecule has 1 aromatic carbocycles. The number of benzene rings is 1. The normalized spacial score (nSPS) is 12.6. The van der Waals surface area contributed by atoms with Gasteiger partial charge in [0, 0.05) is 17.4 Å². The molecular weight excluding hydrogens is 316 g/mol. The van der Waals surface area contributed by atoms with Crippen LogP contribution in [0.4, 0.5) is 0 Å². The van der Waals surface area contributed by atoms with E-state index in [0.29, 0.717) is 12.5 Å². The van der Waals surface area contributed by atoms with Crippen LogP contribution in [0.2, 0.25) is 0 Å². The van der Waals surface area contributed by atoms with Gasteiger partial charge in [0.05, 0.1) is 0 Å². The van der Waals surface area contributed by atoms with Crippen molar-refractivity contribution in [2.75, 3.05) is 6.54 Å². The predicted molar refractivity (Wildman–Crippen MR) is 84.4 cm³/mol. The topological polar surface area (TPSA) is 56.7 Å². The number of nitrogens with zero attached hydrogens (tertiary/aromatic N) is 3. The van der Waals surface area contributed by atoms with E-state index in [9.17, 15) is 0 Å². The van der Waals surface area contributed by atoms with Gasteiger partial charge < -0.3 is 5.73 Å². The Morgan fingerprint density at radius 2 is 2.10 bits per heavy atom. The molecule has 0 aliphatic carbocycles. The zero-order valence-corrected chi connectivity index (χ0v) is 13.4. The first-order valence-electron chi connectivity index (χ1n) is 7.04. The Balaban J connectivity index is 2.05. The molecule has 2 aromatic rings. The fourth-order valence-corrected chi connectivity index (χ4v) is 2.76. The van der Waals surface area contributed by atoms with E-state index in [1.165, 1.54) is 5.56 Å². The molecule has 0 saturated heterocycles. The van der Waals surface area contributed by atoms with Crippen LogP contribution in [0.1, 0.15) is 24.7 Å². The molecule has 108 valence electrons. The average Bonchev–Trinajstić information content (AvgIpc) is 2.88. The Labute approximate surface area is 128 Å². The monoisotopic (exact) mass is 336 g/mol. The van der Waals surface area contributed by atoms with Gasteiger partial charge in [-0.2, -0.15) is 5.10 Å². The summed E-state index contributed by atoms with van der Waals surface area (Å²) in [4.78, 5) is 4.37. The van der Waals surface area contributed by atoms with Gasteiger partial charge in [0.25, 0.3) is 0 Å². The minimum absolute atomic E-state index is 0.383. The van der Waals surface area contributed by atoms with E-state index in [4.69, 9.17) is 5.73 Å². The smallest absolute Gasteiger partial charge is 0.138 e. The Morgan fingerprint density at radius 3 is 2.80 bits per heavy atom. The molecule has 0 amide bonds. The van der Waals surface area contributed by atoms with Crippen molar-refractivity contribution in [3.63, 3.8) is 0 Å². The van der Waals surface area contributed by atoms with Crippen molar-refractivity contribution in [1.29, 1.82) is 0 Å². The maximum atomic E-state index is 5.94. The van der Waals surface area contributed by atoms with Crippen molar-refractivity contribution in [3.05, 3.63) is 46.5 Å². The van der Waals surface area contributed by atoms with Crippen molar-refractivity contribution in [2.24, 2.45) is 11.7 Å². The summed E-state index contributed by atoms with van der Waals surface area (Å²) in [6, 6.07) is 8.31. The number of nitrogens with two attached hydrogens (primary N) is 1. The second-order valence-corrected chi connectivity index (χ2v) is 5.86. The third-order valence-corrected chi connectivity index (χ3v) is 4.18. The van der Waals surface area contributed by atoms with Crippen molar-refractivity contribution in [2.45, 2.75) is 32.7 Å². The quantitative estimate of drug-likeness (QED) is 0.845. The summed E-state index contributed by atoms with van der Waals surface area (Å²) in [5.41, 5.74) is 7.23. The minimum atomic E-state index is 0.383. The van der Waals surface area contributed by atoms with E-state index in [-0.39, 0.29) is 0 Å². The summed E-state index contributed by atoms with van der Waals surface area (Å²) in [5.74, 6) is 1.42. The fraction of sp³-hybridized carbons (Fsp3) is 0.467. The lowest BCUT2D eigenvalue weighted by Crippen LogP contribution is -2.21. The molecule has 1 unspecified atom stereocenters. The van der Waals surface area contributed by atoms with Gasteiger partial charge in [0.15, 0.2) is 0 Å². The van der Waals surface area contributed by atoms with Crippen LogP contribution < -0.4 is 5.73 Å². The largest absolute Gasteiger partial charge is 0.330 e. The van der Waals surface area contributed by atoms with Crippen LogP contribution in [0.3, 0.4) is 0 Å². The lowest BCUT2D eigenvalue weighted by atomic mass is 9.96. The summed E-state index contributed by atoms with van der Waals surface area (Å²) in [6.07, 6.45) is 4.53. The van der Waals surface area contributed by atoms with E-state index in [1.54, 1.807) is 6.33 Å². The summed E-state index contributed by atoms with van der Waals surface area (Å²) in [6.45, 7) is 3.72. The highest BCUT2D eigenvalue weighted by atomic mass is 79.9. The molecule has 0 saturated carbocycles. The maximum Gasteiger partial charge on any atom is 0.138 e. The molecule has 1 heterocycles. The van der Waals surface area contributed by atoms with E-state index >= 15 is 0 Å². The molecule has 2 N–H and O–H groups in total. The first kappa shape index (κ1) is 15.2. The molecule has 0 bridgehead atoms. The van der Waals surface area contributed by atoms with E-state index in [1.807, 2.05) is 10.7 Å². The highest BCUT2D eigenvalue weighted by Crippen LogP contribution is 2.20. The first-order valence-corrected chi connectivity index (χ1v) is 7.84. The zero-order valence-electron chi connectivity index (χ0n) is 11.8. The molecule has 0 radical (unpaired) electrons. The highest BCUT2D eigenvalue weighted by molar-refractivity contribution is 9.10. The van der Waals surface area contributed by atoms with E-state index < -0.39 is 0 Å². The van der Waals surface area contributed by atoms with Crippen LogP contribution in [0.15, 0.2) is 35.1 Å². The third kappa shape index (κ3) is 3.90. The summed E-state index contributed by atoms with van der Waals surface area (Å²) < 4.78 is 3.14. The summed E-state index contributed by atoms with van der Waals surface area (Å²) in [7, 11) is 0. The average molecular weight is 337 g/mol. The van der Waals surface area contributed by atoms with Crippen molar-refractivity contribution in [1.82, 2.24) is 14.8 Å². The molecule has 4 nitrogen and oxygen atoms in total. The maximum absolute atomic E-state index is 5.94. The standard InChI is InChI=1S/C15H21BrN4/c1-2-7-20-15(18-11-19-20)9-12(10-17)8-13-5-3-4-6-14(13)16/h3-6,11-12H,2,7-10,17H2,1H3. The Bertz CT molecular complexity index is 538. The van der Waals surface area contributed by atoms with Crippen LogP contribution in [0.25, 0.3) is 0 Å². The number of hydrogen-bond donors (Lipinski definition) is 1. The Hall–Kier alpha value is -1.20. The molecule has 1 atom stereocenters. The predicted octanol–water partition coefficient (Wildman–Crippen LogP) is 2.81. The van der Waals surface area contributed by atoms with Gasteiger partial charge in [-0.15, -0.1) is 0 Å². The molecule has 20 heavy (non-hydrogen) atoms. The molecule has 0 aliphatic heterocycles. The number of aromatic nitrogens is 3. The van der Waals surface area contributed by atoms with Crippen molar-refractivity contribution in [3.8, 4) is 0 Å². The van der Waals surface area contributed by atoms with Gasteiger partial charge in [0.1, 0.15) is 12.2 Å². The molecule has 0 aliphatic rings. The zero-order chi connectivity index (χ0) is 14.4. The van der Waals surface area contributed by atoms with E-state index in [2.05, 4.69) is 51.1 Å². The van der Waals surface area contributed by atoms with Gasteiger partial charge in [-0.1, -0.05) is 41.1 Å². The molecule has 1 aromatic heterocycles. The van der Waals surface area contributed by atoms with Crippen LogP contribution >= 0.6 is 15.9 Å². The molecule has 0 spiro atoms. The lowest BCUT2D eigenvalue weighted by molar-refractivity contribution is 0.482. The first-order chi connectivity index (χ1) is 9.74. The second-order valence-electron chi connectivity index (χ2n) is 5.00. The van der Waals surface area contributed by atoms with E-state index in [0.717, 1.165) is 36.1 Å². The number of hydrogen-bond acceptors (Lipinski definition) is 3. The Kier molecular flexibility index (Phi) is 5.73. The lowest BCUT2D eigenvalue weighted by Gasteiger charge is -2.15. The molecule has 5 heteroatoms. The Morgan fingerprint density at radius 1 is 1.30 bits per heavy atom. The summed E-state index contributed by atoms with van der Waals surface area (Å²) in [5, 5.41) is 4.27. The van der Waals surface area contributed by atoms with Gasteiger partial charge in [0.2, 0.25) is 0 Å². The van der Waals surface area contributed by atoms with Gasteiger partial charge in [-0.25, -0.2) is 4.98 Å². The fourth-order valence-electron chi connectivity index (χ4n) is 2.32. The third-order valence-electron chi connectivity index (χ3n) is 3.40. The number of aryl methyl sites for hydroxylation is 1. The van der Waals surface area contributed by atoms with Crippen LogP contribution in [0, 0.1) is 5.92 Å². The molecule has 2 rings (SSSR count). The molecular formula is C15H21BrN4. The number of rotatable bonds is 7. The van der Waals surface area contributed by atoms with Crippen LogP contribution in [0.5, 0.6) is 0 Å². The number of halogens is 1. The second kappa shape index (κ2) is 7.55. The van der Waals surface area contributed by atoms with Gasteiger partial charge >= 0.3 is 0 Å². The van der Waals surface area contributed by atoms with Crippen LogP contribution in [-0.2, 0) is 19.4 Å². The SMILES string of the molecule is CCCn1ncnc1CC(CN)Cc1ccccc1Br. The van der Waals surface area contributed by atoms with Crippen LogP contribution in [-0.4, -0.2) is 21.3 Å². The molecule has 0 fully saturated rings. The van der Waals surface area contributed by atoms with Gasteiger partial charge in [-0.3, -0.25) is 4.68 Å².